The van der Waals surface area contributed by atoms with Crippen molar-refractivity contribution in [2.24, 2.45) is 5.92 Å². The molecule has 1 atom stereocenters. The predicted octanol–water partition coefficient (Wildman–Crippen LogP) is 5.49. The topological polar surface area (TPSA) is 105 Å². The van der Waals surface area contributed by atoms with Gasteiger partial charge in [-0.25, -0.2) is 18.2 Å². The SMILES string of the molecule is COc1cc2c(Oc3ccc(NS(=O)(=O)C4=C(C)N(C)NC4C)cc3F)ccnc2cc1OCCCN1CCC(C)CC1. The Hall–Kier alpha value is -3.61. The molecular formula is C31H40FN5O5S. The second-order valence-electron chi connectivity index (χ2n) is 11.3. The number of halogens is 1. The first-order valence-corrected chi connectivity index (χ1v) is 16.1. The van der Waals surface area contributed by atoms with Gasteiger partial charge in [-0.3, -0.25) is 9.71 Å². The van der Waals surface area contributed by atoms with Gasteiger partial charge >= 0.3 is 0 Å². The molecule has 0 amide bonds. The number of hydrogen-bond donors (Lipinski definition) is 2. The smallest absolute Gasteiger partial charge is 0.261 e. The minimum absolute atomic E-state index is 0.0621. The molecule has 0 bridgehead atoms. The quantitative estimate of drug-likeness (QED) is 0.272. The van der Waals surface area contributed by atoms with Crippen molar-refractivity contribution in [2.45, 2.75) is 46.1 Å². The van der Waals surface area contributed by atoms with Gasteiger partial charge in [-0.15, -0.1) is 0 Å². The van der Waals surface area contributed by atoms with Crippen molar-refractivity contribution in [1.29, 1.82) is 0 Å². The number of hydrazine groups is 1. The van der Waals surface area contributed by atoms with E-state index < -0.39 is 21.9 Å². The van der Waals surface area contributed by atoms with Crippen LogP contribution < -0.4 is 24.4 Å². The monoisotopic (exact) mass is 613 g/mol. The van der Waals surface area contributed by atoms with Crippen LogP contribution in [-0.2, 0) is 10.0 Å². The minimum atomic E-state index is -3.91. The summed E-state index contributed by atoms with van der Waals surface area (Å²) >= 11 is 0. The molecule has 232 valence electrons. The fourth-order valence-corrected chi connectivity index (χ4v) is 7.16. The van der Waals surface area contributed by atoms with Crippen LogP contribution in [0.4, 0.5) is 10.1 Å². The molecule has 3 heterocycles. The van der Waals surface area contributed by atoms with E-state index in [0.29, 0.717) is 40.5 Å². The second kappa shape index (κ2) is 12.9. The molecule has 2 aliphatic heterocycles. The third-order valence-corrected chi connectivity index (χ3v) is 9.81. The van der Waals surface area contributed by atoms with Crippen LogP contribution in [0, 0.1) is 11.7 Å². The number of anilines is 1. The number of ether oxygens (including phenoxy) is 3. The highest BCUT2D eigenvalue weighted by atomic mass is 32.2. The Morgan fingerprint density at radius 2 is 1.84 bits per heavy atom. The molecule has 3 aromatic rings. The fraction of sp³-hybridized carbons (Fsp3) is 0.452. The number of rotatable bonds is 11. The Bertz CT molecular complexity index is 1610. The zero-order valence-corrected chi connectivity index (χ0v) is 26.1. The van der Waals surface area contributed by atoms with Gasteiger partial charge in [-0.2, -0.15) is 0 Å². The molecule has 1 unspecified atom stereocenters. The Morgan fingerprint density at radius 3 is 2.51 bits per heavy atom. The van der Waals surface area contributed by atoms with Crippen molar-refractivity contribution in [3.05, 3.63) is 59.0 Å². The summed E-state index contributed by atoms with van der Waals surface area (Å²) in [5.41, 5.74) is 4.30. The number of nitrogens with zero attached hydrogens (tertiary/aromatic N) is 3. The van der Waals surface area contributed by atoms with Gasteiger partial charge in [0.25, 0.3) is 10.0 Å². The van der Waals surface area contributed by atoms with Crippen LogP contribution in [0.2, 0.25) is 0 Å². The lowest BCUT2D eigenvalue weighted by Crippen LogP contribution is -2.34. The summed E-state index contributed by atoms with van der Waals surface area (Å²) in [5, 5.41) is 2.27. The van der Waals surface area contributed by atoms with Crippen molar-refractivity contribution >= 4 is 26.6 Å². The van der Waals surface area contributed by atoms with Gasteiger partial charge in [0, 0.05) is 43.0 Å². The highest BCUT2D eigenvalue weighted by Gasteiger charge is 2.33. The number of likely N-dealkylation sites (tertiary alicyclic amines) is 1. The number of hydrogen-bond acceptors (Lipinski definition) is 9. The van der Waals surface area contributed by atoms with Gasteiger partial charge in [0.05, 0.1) is 31.0 Å². The summed E-state index contributed by atoms with van der Waals surface area (Å²) < 4.78 is 61.4. The van der Waals surface area contributed by atoms with Crippen molar-refractivity contribution in [3.8, 4) is 23.0 Å². The van der Waals surface area contributed by atoms with E-state index in [2.05, 4.69) is 27.0 Å². The lowest BCUT2D eigenvalue weighted by atomic mass is 9.99. The Kier molecular flexibility index (Phi) is 9.28. The van der Waals surface area contributed by atoms with E-state index in [-0.39, 0.29) is 16.3 Å². The molecule has 0 spiro atoms. The average Bonchev–Trinajstić information content (AvgIpc) is 3.24. The summed E-state index contributed by atoms with van der Waals surface area (Å²) in [5.74, 6) is 1.50. The van der Waals surface area contributed by atoms with Crippen LogP contribution in [0.1, 0.15) is 40.0 Å². The molecule has 2 aliphatic rings. The van der Waals surface area contributed by atoms with Gasteiger partial charge in [0.15, 0.2) is 23.1 Å². The maximum absolute atomic E-state index is 15.2. The molecule has 12 heteroatoms. The lowest BCUT2D eigenvalue weighted by Gasteiger charge is -2.30. The minimum Gasteiger partial charge on any atom is -0.493 e. The molecule has 0 aliphatic carbocycles. The Balaban J connectivity index is 1.28. The molecule has 0 saturated carbocycles. The maximum atomic E-state index is 15.2. The first kappa shape index (κ1) is 30.8. The normalized spacial score (nSPS) is 18.4. The third kappa shape index (κ3) is 6.97. The van der Waals surface area contributed by atoms with Gasteiger partial charge < -0.3 is 24.1 Å². The number of piperidine rings is 1. The number of aromatic nitrogens is 1. The lowest BCUT2D eigenvalue weighted by molar-refractivity contribution is 0.176. The predicted molar refractivity (Wildman–Crippen MR) is 165 cm³/mol. The third-order valence-electron chi connectivity index (χ3n) is 8.07. The molecule has 2 aromatic carbocycles. The van der Waals surface area contributed by atoms with E-state index in [1.807, 2.05) is 0 Å². The van der Waals surface area contributed by atoms with Crippen LogP contribution in [0.5, 0.6) is 23.0 Å². The number of nitrogens with one attached hydrogen (secondary N) is 2. The van der Waals surface area contributed by atoms with E-state index >= 15 is 4.39 Å². The van der Waals surface area contributed by atoms with Crippen molar-refractivity contribution in [1.82, 2.24) is 20.3 Å². The summed E-state index contributed by atoms with van der Waals surface area (Å²) in [4.78, 5) is 7.14. The molecule has 1 saturated heterocycles. The van der Waals surface area contributed by atoms with Crippen molar-refractivity contribution in [2.75, 3.05) is 45.1 Å². The van der Waals surface area contributed by atoms with E-state index in [1.54, 1.807) is 57.4 Å². The first-order chi connectivity index (χ1) is 20.6. The van der Waals surface area contributed by atoms with Gasteiger partial charge in [0.1, 0.15) is 10.7 Å². The summed E-state index contributed by atoms with van der Waals surface area (Å²) in [6.07, 6.45) is 4.97. The van der Waals surface area contributed by atoms with Crippen LogP contribution in [0.3, 0.4) is 0 Å². The molecular weight excluding hydrogens is 573 g/mol. The molecule has 1 aromatic heterocycles. The number of methoxy groups -OCH3 is 1. The first-order valence-electron chi connectivity index (χ1n) is 14.6. The standard InChI is InChI=1S/C31H40FN5O5S/c1-20-10-14-37(15-11-20)13-6-16-41-30-19-26-24(18-29(30)40-5)27(9-12-33-26)42-28-8-7-23(17-25(28)32)35-43(38,39)31-21(2)34-36(4)22(31)3/h7-9,12,17-21,34-35H,6,10-11,13-16H2,1-5H3. The highest BCUT2D eigenvalue weighted by Crippen LogP contribution is 2.38. The largest absolute Gasteiger partial charge is 0.493 e. The maximum Gasteiger partial charge on any atom is 0.261 e. The van der Waals surface area contributed by atoms with Gasteiger partial charge in [-0.05, 0) is 76.4 Å². The molecule has 2 N–H and O–H groups in total. The molecule has 5 rings (SSSR count). The van der Waals surface area contributed by atoms with E-state index in [9.17, 15) is 8.42 Å². The number of benzene rings is 2. The van der Waals surface area contributed by atoms with Gasteiger partial charge in [-0.1, -0.05) is 6.92 Å². The molecule has 43 heavy (non-hydrogen) atoms. The number of pyridine rings is 1. The van der Waals surface area contributed by atoms with Crippen LogP contribution in [0.25, 0.3) is 10.9 Å². The fourth-order valence-electron chi connectivity index (χ4n) is 5.57. The number of sulfonamides is 1. The van der Waals surface area contributed by atoms with E-state index in [1.165, 1.54) is 25.0 Å². The molecule has 1 fully saturated rings. The van der Waals surface area contributed by atoms with Crippen LogP contribution >= 0.6 is 0 Å². The van der Waals surface area contributed by atoms with E-state index in [0.717, 1.165) is 38.0 Å². The highest BCUT2D eigenvalue weighted by molar-refractivity contribution is 7.96. The second-order valence-corrected chi connectivity index (χ2v) is 12.9. The van der Waals surface area contributed by atoms with Crippen molar-refractivity contribution < 1.29 is 27.0 Å². The van der Waals surface area contributed by atoms with Crippen LogP contribution in [-0.4, -0.2) is 69.8 Å². The number of allylic oxidation sites excluding steroid dienone is 1. The zero-order valence-electron chi connectivity index (χ0n) is 25.3. The zero-order chi connectivity index (χ0) is 30.7. The average molecular weight is 614 g/mol. The molecule has 10 nitrogen and oxygen atoms in total. The Morgan fingerprint density at radius 1 is 1.07 bits per heavy atom. The summed E-state index contributed by atoms with van der Waals surface area (Å²) in [7, 11) is -0.602. The number of fused-ring (bicyclic) bond motifs is 1. The summed E-state index contributed by atoms with van der Waals surface area (Å²) in [6.45, 7) is 9.59. The Labute approximate surface area is 252 Å². The van der Waals surface area contributed by atoms with Gasteiger partial charge in [0.2, 0.25) is 0 Å². The van der Waals surface area contributed by atoms with E-state index in [4.69, 9.17) is 14.2 Å². The van der Waals surface area contributed by atoms with Crippen LogP contribution in [0.15, 0.2) is 53.2 Å². The summed E-state index contributed by atoms with van der Waals surface area (Å²) in [6, 6.07) is 8.73. The molecule has 0 radical (unpaired) electrons. The van der Waals surface area contributed by atoms with Crippen molar-refractivity contribution in [3.63, 3.8) is 0 Å².